The van der Waals surface area contributed by atoms with Crippen LogP contribution in [0.4, 0.5) is 0 Å². The lowest BCUT2D eigenvalue weighted by Gasteiger charge is -2.25. The minimum atomic E-state index is -1.12. The molecule has 0 bridgehead atoms. The summed E-state index contributed by atoms with van der Waals surface area (Å²) in [6.07, 6.45) is 0.774. The Kier molecular flexibility index (Phi) is 3.34. The molecular formula is C16H15ClOS. The van der Waals surface area contributed by atoms with Gasteiger partial charge in [-0.3, -0.25) is 0 Å². The fourth-order valence-corrected chi connectivity index (χ4v) is 4.60. The van der Waals surface area contributed by atoms with Crippen molar-refractivity contribution < 1.29 is 4.55 Å². The maximum Gasteiger partial charge on any atom is 0.166 e. The summed E-state index contributed by atoms with van der Waals surface area (Å²) < 4.78 is 12.8. The van der Waals surface area contributed by atoms with E-state index in [-0.39, 0.29) is 0 Å². The molecule has 1 aliphatic heterocycles. The van der Waals surface area contributed by atoms with Crippen LogP contribution in [0.3, 0.4) is 0 Å². The lowest BCUT2D eigenvalue weighted by atomic mass is 9.96. The lowest BCUT2D eigenvalue weighted by molar-refractivity contribution is 0.588. The van der Waals surface area contributed by atoms with Gasteiger partial charge < -0.3 is 4.55 Å². The minimum Gasteiger partial charge on any atom is -0.606 e. The van der Waals surface area contributed by atoms with Crippen LogP contribution in [0.5, 0.6) is 0 Å². The lowest BCUT2D eigenvalue weighted by Crippen LogP contribution is -2.17. The molecule has 98 valence electrons. The van der Waals surface area contributed by atoms with Crippen LogP contribution in [0.15, 0.2) is 46.2 Å². The van der Waals surface area contributed by atoms with Gasteiger partial charge in [0.05, 0.1) is 0 Å². The van der Waals surface area contributed by atoms with E-state index in [4.69, 9.17) is 11.6 Å². The zero-order valence-corrected chi connectivity index (χ0v) is 12.5. The monoisotopic (exact) mass is 290 g/mol. The van der Waals surface area contributed by atoms with Crippen LogP contribution in [0.1, 0.15) is 36.5 Å². The highest BCUT2D eigenvalue weighted by Gasteiger charge is 2.32. The first-order valence-corrected chi connectivity index (χ1v) is 7.93. The van der Waals surface area contributed by atoms with Crippen LogP contribution in [-0.4, -0.2) is 4.55 Å². The molecule has 19 heavy (non-hydrogen) atoms. The van der Waals surface area contributed by atoms with E-state index >= 15 is 0 Å². The van der Waals surface area contributed by atoms with E-state index in [0.29, 0.717) is 5.92 Å². The van der Waals surface area contributed by atoms with Crippen LogP contribution in [0, 0.1) is 0 Å². The van der Waals surface area contributed by atoms with Crippen molar-refractivity contribution in [2.24, 2.45) is 0 Å². The van der Waals surface area contributed by atoms with Gasteiger partial charge in [-0.1, -0.05) is 49.7 Å². The molecule has 1 heterocycles. The van der Waals surface area contributed by atoms with Crippen molar-refractivity contribution >= 4 is 22.8 Å². The van der Waals surface area contributed by atoms with E-state index in [1.54, 1.807) is 0 Å². The molecule has 1 unspecified atom stereocenters. The summed E-state index contributed by atoms with van der Waals surface area (Å²) in [5, 5.41) is 0.724. The third-order valence-electron chi connectivity index (χ3n) is 3.58. The molecule has 1 atom stereocenters. The van der Waals surface area contributed by atoms with Gasteiger partial charge in [-0.2, -0.15) is 0 Å². The highest BCUT2D eigenvalue weighted by atomic mass is 35.5. The number of rotatable bonds is 1. The number of fused-ring (bicyclic) bond motifs is 2. The topological polar surface area (TPSA) is 23.1 Å². The second-order valence-corrected chi connectivity index (χ2v) is 6.94. The quantitative estimate of drug-likeness (QED) is 0.707. The Morgan fingerprint density at radius 1 is 1.16 bits per heavy atom. The van der Waals surface area contributed by atoms with Gasteiger partial charge in [0.15, 0.2) is 9.79 Å². The van der Waals surface area contributed by atoms with E-state index in [1.807, 2.05) is 36.4 Å². The Labute approximate surface area is 121 Å². The van der Waals surface area contributed by atoms with Crippen LogP contribution < -0.4 is 0 Å². The molecule has 0 radical (unpaired) electrons. The van der Waals surface area contributed by atoms with Gasteiger partial charge in [0.25, 0.3) is 0 Å². The zero-order chi connectivity index (χ0) is 13.6. The van der Waals surface area contributed by atoms with Crippen molar-refractivity contribution in [2.45, 2.75) is 36.0 Å². The maximum atomic E-state index is 12.8. The molecular weight excluding hydrogens is 276 g/mol. The van der Waals surface area contributed by atoms with Crippen molar-refractivity contribution in [2.75, 3.05) is 0 Å². The molecule has 1 nitrogen and oxygen atoms in total. The van der Waals surface area contributed by atoms with Crippen molar-refractivity contribution in [3.8, 4) is 0 Å². The number of benzene rings is 2. The summed E-state index contributed by atoms with van der Waals surface area (Å²) in [7, 11) is 0. The highest BCUT2D eigenvalue weighted by Crippen LogP contribution is 2.41. The molecule has 0 fully saturated rings. The first-order valence-electron chi connectivity index (χ1n) is 6.40. The Morgan fingerprint density at radius 3 is 2.63 bits per heavy atom. The van der Waals surface area contributed by atoms with Gasteiger partial charge in [0.1, 0.15) is 0 Å². The summed E-state index contributed by atoms with van der Waals surface area (Å²) in [6.45, 7) is 4.25. The standard InChI is InChI=1S/C16H15ClOS/c1-10(2)12-7-8-14(17)13-9-11-5-3-4-6-15(11)19(18)16(12)13/h3-8,10H,9H2,1-2H3. The van der Waals surface area contributed by atoms with Gasteiger partial charge in [0.2, 0.25) is 0 Å². The Bertz CT molecular complexity index is 637. The SMILES string of the molecule is CC(C)c1ccc(Cl)c2c1[S+]([O-])c1ccccc1C2. The second kappa shape index (κ2) is 4.86. The molecule has 0 saturated heterocycles. The third-order valence-corrected chi connectivity index (χ3v) is 5.59. The molecule has 1 aliphatic rings. The van der Waals surface area contributed by atoms with E-state index < -0.39 is 11.2 Å². The number of hydrogen-bond donors (Lipinski definition) is 0. The number of halogens is 1. The van der Waals surface area contributed by atoms with Gasteiger partial charge in [-0.05, 0) is 18.1 Å². The van der Waals surface area contributed by atoms with Crippen molar-refractivity contribution in [3.63, 3.8) is 0 Å². The Balaban J connectivity index is 2.25. The molecule has 0 spiro atoms. The molecule has 2 aromatic carbocycles. The molecule has 0 aliphatic carbocycles. The van der Waals surface area contributed by atoms with E-state index in [0.717, 1.165) is 37.9 Å². The molecule has 0 amide bonds. The highest BCUT2D eigenvalue weighted by molar-refractivity contribution is 7.91. The zero-order valence-electron chi connectivity index (χ0n) is 10.9. The Morgan fingerprint density at radius 2 is 1.89 bits per heavy atom. The fraction of sp³-hybridized carbons (Fsp3) is 0.250. The third kappa shape index (κ3) is 2.08. The normalized spacial score (nSPS) is 17.2. The smallest absolute Gasteiger partial charge is 0.166 e. The second-order valence-electron chi connectivity index (χ2n) is 5.15. The predicted octanol–water partition coefficient (Wildman–Crippen LogP) is 4.53. The van der Waals surface area contributed by atoms with Crippen LogP contribution in [0.2, 0.25) is 5.02 Å². The molecule has 0 N–H and O–H groups in total. The van der Waals surface area contributed by atoms with Crippen LogP contribution in [-0.2, 0) is 17.6 Å². The van der Waals surface area contributed by atoms with E-state index in [9.17, 15) is 4.55 Å². The summed E-state index contributed by atoms with van der Waals surface area (Å²) in [5.74, 6) is 0.347. The van der Waals surface area contributed by atoms with Gasteiger partial charge >= 0.3 is 0 Å². The van der Waals surface area contributed by atoms with Crippen LogP contribution in [0.25, 0.3) is 0 Å². The van der Waals surface area contributed by atoms with Gasteiger partial charge in [-0.15, -0.1) is 0 Å². The molecule has 3 heteroatoms. The largest absolute Gasteiger partial charge is 0.606 e. The van der Waals surface area contributed by atoms with Crippen molar-refractivity contribution in [3.05, 3.63) is 58.1 Å². The summed E-state index contributed by atoms with van der Waals surface area (Å²) >= 11 is 5.20. The van der Waals surface area contributed by atoms with Gasteiger partial charge in [0, 0.05) is 39.3 Å². The average Bonchev–Trinajstić information content (AvgIpc) is 2.40. The number of hydrogen-bond acceptors (Lipinski definition) is 1. The van der Waals surface area contributed by atoms with Crippen molar-refractivity contribution in [1.29, 1.82) is 0 Å². The van der Waals surface area contributed by atoms with E-state index in [1.165, 1.54) is 0 Å². The summed E-state index contributed by atoms with van der Waals surface area (Å²) in [4.78, 5) is 1.86. The first kappa shape index (κ1) is 13.0. The maximum absolute atomic E-state index is 12.8. The van der Waals surface area contributed by atoms with Crippen molar-refractivity contribution in [1.82, 2.24) is 0 Å². The van der Waals surface area contributed by atoms with Crippen LogP contribution >= 0.6 is 11.6 Å². The van der Waals surface area contributed by atoms with Gasteiger partial charge in [-0.25, -0.2) is 0 Å². The summed E-state index contributed by atoms with van der Waals surface area (Å²) in [6, 6.07) is 11.9. The first-order chi connectivity index (χ1) is 9.09. The molecule has 0 saturated carbocycles. The average molecular weight is 291 g/mol. The molecule has 0 aromatic heterocycles. The molecule has 3 rings (SSSR count). The van der Waals surface area contributed by atoms with E-state index in [2.05, 4.69) is 13.8 Å². The predicted molar refractivity (Wildman–Crippen MR) is 79.5 cm³/mol. The fourth-order valence-electron chi connectivity index (χ4n) is 2.59. The minimum absolute atomic E-state index is 0.347. The Hall–Kier alpha value is -0.960. The summed E-state index contributed by atoms with van der Waals surface area (Å²) in [5.41, 5.74) is 3.30. The molecule has 2 aromatic rings.